The number of nitrogens with one attached hydrogen (secondary N) is 1. The lowest BCUT2D eigenvalue weighted by atomic mass is 10.0. The summed E-state index contributed by atoms with van der Waals surface area (Å²) in [5, 5.41) is 2.66. The van der Waals surface area contributed by atoms with Gasteiger partial charge >= 0.3 is 0 Å². The van der Waals surface area contributed by atoms with Crippen LogP contribution in [0.5, 0.6) is 0 Å². The fraction of sp³-hybridized carbons (Fsp3) is 0.150. The van der Waals surface area contributed by atoms with Gasteiger partial charge in [-0.3, -0.25) is 4.79 Å². The molecule has 1 N–H and O–H groups in total. The van der Waals surface area contributed by atoms with Crippen molar-refractivity contribution >= 4 is 23.2 Å². The predicted octanol–water partition coefficient (Wildman–Crippen LogP) is 3.95. The van der Waals surface area contributed by atoms with Crippen LogP contribution in [0.4, 0.5) is 21.7 Å². The average molecular weight is 348 g/mol. The van der Waals surface area contributed by atoms with Crippen LogP contribution in [0.3, 0.4) is 0 Å². The number of benzene rings is 2. The van der Waals surface area contributed by atoms with Crippen molar-refractivity contribution in [2.75, 3.05) is 16.8 Å². The lowest BCUT2D eigenvalue weighted by molar-refractivity contribution is 0.102. The van der Waals surface area contributed by atoms with Crippen molar-refractivity contribution < 1.29 is 9.18 Å². The fourth-order valence-corrected chi connectivity index (χ4v) is 3.11. The predicted molar refractivity (Wildman–Crippen MR) is 98.2 cm³/mol. The summed E-state index contributed by atoms with van der Waals surface area (Å²) < 4.78 is 13.3. The van der Waals surface area contributed by atoms with E-state index in [9.17, 15) is 9.18 Å². The molecule has 0 fully saturated rings. The van der Waals surface area contributed by atoms with E-state index in [1.165, 1.54) is 17.7 Å². The Morgan fingerprint density at radius 1 is 1.12 bits per heavy atom. The Labute approximate surface area is 150 Å². The Balaban J connectivity index is 1.60. The first-order valence-electron chi connectivity index (χ1n) is 8.46. The number of rotatable bonds is 3. The third-order valence-corrected chi connectivity index (χ3v) is 4.31. The van der Waals surface area contributed by atoms with Crippen LogP contribution >= 0.6 is 0 Å². The minimum absolute atomic E-state index is 0.238. The lowest BCUT2D eigenvalue weighted by Crippen LogP contribution is -2.27. The minimum atomic E-state index is -0.406. The quantitative estimate of drug-likeness (QED) is 0.779. The molecule has 4 rings (SSSR count). The maximum absolute atomic E-state index is 13.3. The van der Waals surface area contributed by atoms with Gasteiger partial charge in [-0.25, -0.2) is 14.4 Å². The summed E-state index contributed by atoms with van der Waals surface area (Å²) >= 11 is 0. The Kier molecular flexibility index (Phi) is 4.31. The summed E-state index contributed by atoms with van der Waals surface area (Å²) in [5.41, 5.74) is 2.94. The van der Waals surface area contributed by atoms with Gasteiger partial charge in [0.2, 0.25) is 5.95 Å². The summed E-state index contributed by atoms with van der Waals surface area (Å²) in [6, 6.07) is 15.5. The lowest BCUT2D eigenvalue weighted by Gasteiger charge is -2.29. The van der Waals surface area contributed by atoms with Crippen molar-refractivity contribution in [2.24, 2.45) is 0 Å². The third kappa shape index (κ3) is 3.26. The Morgan fingerprint density at radius 2 is 2.00 bits per heavy atom. The zero-order valence-corrected chi connectivity index (χ0v) is 14.0. The summed E-state index contributed by atoms with van der Waals surface area (Å²) in [6.07, 6.45) is 3.59. The highest BCUT2D eigenvalue weighted by molar-refractivity contribution is 6.03. The molecule has 2 heterocycles. The molecule has 130 valence electrons. The maximum Gasteiger partial charge on any atom is 0.274 e. The molecule has 5 nitrogen and oxygen atoms in total. The molecule has 0 aliphatic carbocycles. The zero-order chi connectivity index (χ0) is 17.9. The van der Waals surface area contributed by atoms with Crippen LogP contribution in [0.2, 0.25) is 0 Å². The average Bonchev–Trinajstić information content (AvgIpc) is 2.67. The molecule has 0 saturated heterocycles. The molecule has 6 heteroatoms. The first-order chi connectivity index (χ1) is 12.7. The van der Waals surface area contributed by atoms with E-state index in [4.69, 9.17) is 0 Å². The van der Waals surface area contributed by atoms with Crippen molar-refractivity contribution in [3.63, 3.8) is 0 Å². The smallest absolute Gasteiger partial charge is 0.274 e. The van der Waals surface area contributed by atoms with Crippen molar-refractivity contribution in [3.8, 4) is 0 Å². The van der Waals surface area contributed by atoms with E-state index in [1.807, 2.05) is 23.1 Å². The van der Waals surface area contributed by atoms with Gasteiger partial charge in [-0.1, -0.05) is 24.3 Å². The van der Waals surface area contributed by atoms with Gasteiger partial charge in [0.15, 0.2) is 0 Å². The Bertz CT molecular complexity index is 960. The number of halogens is 1. The zero-order valence-electron chi connectivity index (χ0n) is 14.0. The van der Waals surface area contributed by atoms with Crippen molar-refractivity contribution in [3.05, 3.63) is 77.9 Å². The monoisotopic (exact) mass is 348 g/mol. The van der Waals surface area contributed by atoms with Crippen LogP contribution in [0.1, 0.15) is 22.5 Å². The van der Waals surface area contributed by atoms with E-state index >= 15 is 0 Å². The molecule has 1 aromatic heterocycles. The molecule has 0 radical (unpaired) electrons. The van der Waals surface area contributed by atoms with Gasteiger partial charge in [-0.15, -0.1) is 0 Å². The van der Waals surface area contributed by atoms with Crippen LogP contribution in [-0.4, -0.2) is 22.4 Å². The molecule has 1 amide bonds. The van der Waals surface area contributed by atoms with E-state index in [0.29, 0.717) is 11.6 Å². The van der Waals surface area contributed by atoms with Crippen LogP contribution in [0.15, 0.2) is 60.8 Å². The number of anilines is 3. The molecule has 26 heavy (non-hydrogen) atoms. The number of nitrogens with zero attached hydrogens (tertiary/aromatic N) is 3. The molecule has 1 aliphatic rings. The number of amides is 1. The first-order valence-corrected chi connectivity index (χ1v) is 8.46. The van der Waals surface area contributed by atoms with Crippen LogP contribution in [-0.2, 0) is 6.42 Å². The Hall–Kier alpha value is -3.28. The molecule has 0 bridgehead atoms. The van der Waals surface area contributed by atoms with Gasteiger partial charge in [0.25, 0.3) is 5.91 Å². The van der Waals surface area contributed by atoms with Gasteiger partial charge in [0, 0.05) is 24.1 Å². The number of carbonyl (C=O) groups is 1. The number of aryl methyl sites for hydroxylation is 1. The molecular formula is C20H17FN4O. The van der Waals surface area contributed by atoms with E-state index in [2.05, 4.69) is 21.4 Å². The summed E-state index contributed by atoms with van der Waals surface area (Å²) in [6.45, 7) is 0.798. The number of fused-ring (bicyclic) bond motifs is 1. The highest BCUT2D eigenvalue weighted by Gasteiger charge is 2.21. The van der Waals surface area contributed by atoms with E-state index in [1.54, 1.807) is 24.4 Å². The summed E-state index contributed by atoms with van der Waals surface area (Å²) in [7, 11) is 0. The van der Waals surface area contributed by atoms with Gasteiger partial charge in [0.05, 0.1) is 0 Å². The van der Waals surface area contributed by atoms with E-state index in [0.717, 1.165) is 25.1 Å². The summed E-state index contributed by atoms with van der Waals surface area (Å²) in [5.74, 6) is -0.315. The van der Waals surface area contributed by atoms with Crippen LogP contribution in [0, 0.1) is 5.82 Å². The SMILES string of the molecule is O=C(Nc1cccc(F)c1)c1ccnc(N2CCCc3ccccc32)n1. The largest absolute Gasteiger partial charge is 0.321 e. The fourth-order valence-electron chi connectivity index (χ4n) is 3.11. The van der Waals surface area contributed by atoms with Gasteiger partial charge < -0.3 is 10.2 Å². The topological polar surface area (TPSA) is 58.1 Å². The Morgan fingerprint density at radius 3 is 2.88 bits per heavy atom. The molecule has 2 aromatic carbocycles. The van der Waals surface area contributed by atoms with Crippen LogP contribution in [0.25, 0.3) is 0 Å². The van der Waals surface area contributed by atoms with Gasteiger partial charge in [-0.05, 0) is 48.7 Å². The molecule has 3 aromatic rings. The van der Waals surface area contributed by atoms with Gasteiger partial charge in [0.1, 0.15) is 11.5 Å². The number of para-hydroxylation sites is 1. The second kappa shape index (κ2) is 6.92. The second-order valence-electron chi connectivity index (χ2n) is 6.09. The van der Waals surface area contributed by atoms with E-state index in [-0.39, 0.29) is 5.69 Å². The minimum Gasteiger partial charge on any atom is -0.321 e. The highest BCUT2D eigenvalue weighted by Crippen LogP contribution is 2.31. The van der Waals surface area contributed by atoms with Crippen molar-refractivity contribution in [1.29, 1.82) is 0 Å². The maximum atomic E-state index is 13.3. The third-order valence-electron chi connectivity index (χ3n) is 4.31. The molecule has 0 saturated carbocycles. The number of hydrogen-bond acceptors (Lipinski definition) is 4. The highest BCUT2D eigenvalue weighted by atomic mass is 19.1. The van der Waals surface area contributed by atoms with Gasteiger partial charge in [-0.2, -0.15) is 0 Å². The van der Waals surface area contributed by atoms with E-state index < -0.39 is 11.7 Å². The number of carbonyl (C=O) groups excluding carboxylic acids is 1. The number of aromatic nitrogens is 2. The number of hydrogen-bond donors (Lipinski definition) is 1. The molecular weight excluding hydrogens is 331 g/mol. The summed E-state index contributed by atoms with van der Waals surface area (Å²) in [4.78, 5) is 23.3. The molecule has 1 aliphatic heterocycles. The molecule has 0 unspecified atom stereocenters. The molecule has 0 spiro atoms. The molecule has 0 atom stereocenters. The van der Waals surface area contributed by atoms with Crippen molar-refractivity contribution in [1.82, 2.24) is 9.97 Å². The standard InChI is InChI=1S/C20H17FN4O/c21-15-7-3-8-16(13-15)23-19(26)17-10-11-22-20(24-17)25-12-4-6-14-5-1-2-9-18(14)25/h1-3,5,7-11,13H,4,6,12H2,(H,23,26). The second-order valence-corrected chi connectivity index (χ2v) is 6.09. The van der Waals surface area contributed by atoms with Crippen molar-refractivity contribution in [2.45, 2.75) is 12.8 Å². The van der Waals surface area contributed by atoms with Crippen LogP contribution < -0.4 is 10.2 Å². The normalized spacial score (nSPS) is 13.2. The first kappa shape index (κ1) is 16.2.